The summed E-state index contributed by atoms with van der Waals surface area (Å²) in [7, 11) is 0. The molecule has 1 aromatic rings. The lowest BCUT2D eigenvalue weighted by molar-refractivity contribution is -0.138. The van der Waals surface area contributed by atoms with Crippen molar-refractivity contribution in [3.8, 4) is 5.75 Å². The molecular formula is C11H14FNO3. The molecule has 0 heterocycles. The molecule has 0 saturated carbocycles. The fourth-order valence-corrected chi connectivity index (χ4v) is 1.46. The van der Waals surface area contributed by atoms with Crippen LogP contribution in [-0.2, 0) is 17.6 Å². The molecule has 0 spiro atoms. The number of aryl methyl sites for hydroxylation is 1. The van der Waals surface area contributed by atoms with Crippen molar-refractivity contribution in [2.24, 2.45) is 5.73 Å². The van der Waals surface area contributed by atoms with Gasteiger partial charge in [0.1, 0.15) is 11.8 Å². The van der Waals surface area contributed by atoms with E-state index in [1.165, 1.54) is 12.1 Å². The van der Waals surface area contributed by atoms with E-state index in [0.29, 0.717) is 11.1 Å². The summed E-state index contributed by atoms with van der Waals surface area (Å²) in [5.41, 5.74) is 6.60. The number of phenols is 1. The number of carboxylic acid groups (broad SMARTS) is 1. The van der Waals surface area contributed by atoms with E-state index >= 15 is 0 Å². The molecule has 0 fully saturated rings. The summed E-state index contributed by atoms with van der Waals surface area (Å²) in [6.45, 7) is -0.520. The number of aliphatic carboxylic acids is 1. The van der Waals surface area contributed by atoms with Gasteiger partial charge in [0.15, 0.2) is 0 Å². The SMILES string of the molecule is NC(Cc1cc(O)cc(CCF)c1)C(=O)O. The van der Waals surface area contributed by atoms with Crippen LogP contribution in [0.25, 0.3) is 0 Å². The second kappa shape index (κ2) is 5.46. The molecule has 1 atom stereocenters. The zero-order chi connectivity index (χ0) is 12.1. The van der Waals surface area contributed by atoms with Crippen LogP contribution in [0.1, 0.15) is 11.1 Å². The van der Waals surface area contributed by atoms with Crippen molar-refractivity contribution in [2.45, 2.75) is 18.9 Å². The first-order valence-electron chi connectivity index (χ1n) is 4.89. The number of carbonyl (C=O) groups is 1. The average Bonchev–Trinajstić information content (AvgIpc) is 2.16. The highest BCUT2D eigenvalue weighted by Gasteiger charge is 2.13. The molecule has 0 bridgehead atoms. The lowest BCUT2D eigenvalue weighted by Gasteiger charge is -2.08. The minimum atomic E-state index is -1.10. The highest BCUT2D eigenvalue weighted by molar-refractivity contribution is 5.73. The van der Waals surface area contributed by atoms with Crippen LogP contribution < -0.4 is 5.73 Å². The Kier molecular flexibility index (Phi) is 4.25. The summed E-state index contributed by atoms with van der Waals surface area (Å²) in [5, 5.41) is 18.0. The molecule has 1 rings (SSSR count). The minimum absolute atomic E-state index is 0.00135. The smallest absolute Gasteiger partial charge is 0.320 e. The number of carboxylic acids is 1. The zero-order valence-electron chi connectivity index (χ0n) is 8.69. The van der Waals surface area contributed by atoms with E-state index in [1.807, 2.05) is 0 Å². The Morgan fingerprint density at radius 3 is 2.56 bits per heavy atom. The van der Waals surface area contributed by atoms with E-state index in [0.717, 1.165) is 0 Å². The second-order valence-corrected chi connectivity index (χ2v) is 3.60. The molecule has 0 aromatic heterocycles. The van der Waals surface area contributed by atoms with E-state index in [2.05, 4.69) is 0 Å². The molecule has 4 nitrogen and oxygen atoms in total. The number of hydrogen-bond donors (Lipinski definition) is 3. The van der Waals surface area contributed by atoms with Crippen molar-refractivity contribution in [1.29, 1.82) is 0 Å². The Hall–Kier alpha value is -1.62. The van der Waals surface area contributed by atoms with E-state index < -0.39 is 18.7 Å². The molecule has 0 amide bonds. The first kappa shape index (κ1) is 12.4. The summed E-state index contributed by atoms with van der Waals surface area (Å²) in [5.74, 6) is -1.10. The van der Waals surface area contributed by atoms with Crippen LogP contribution in [-0.4, -0.2) is 28.9 Å². The fraction of sp³-hybridized carbons (Fsp3) is 0.364. The van der Waals surface area contributed by atoms with Crippen LogP contribution in [0.5, 0.6) is 5.75 Å². The van der Waals surface area contributed by atoms with E-state index in [4.69, 9.17) is 10.8 Å². The van der Waals surface area contributed by atoms with Gasteiger partial charge >= 0.3 is 5.97 Å². The van der Waals surface area contributed by atoms with Crippen molar-refractivity contribution in [2.75, 3.05) is 6.67 Å². The van der Waals surface area contributed by atoms with Crippen LogP contribution in [0.3, 0.4) is 0 Å². The summed E-state index contributed by atoms with van der Waals surface area (Å²) >= 11 is 0. The van der Waals surface area contributed by atoms with Gasteiger partial charge in [0.05, 0.1) is 6.67 Å². The molecule has 5 heteroatoms. The molecule has 1 aromatic carbocycles. The third-order valence-electron chi connectivity index (χ3n) is 2.19. The lowest BCUT2D eigenvalue weighted by atomic mass is 10.0. The molecular weight excluding hydrogens is 213 g/mol. The third kappa shape index (κ3) is 3.51. The van der Waals surface area contributed by atoms with E-state index in [9.17, 15) is 14.3 Å². The van der Waals surface area contributed by atoms with Gasteiger partial charge in [-0.15, -0.1) is 0 Å². The van der Waals surface area contributed by atoms with Crippen molar-refractivity contribution in [3.63, 3.8) is 0 Å². The molecule has 4 N–H and O–H groups in total. The van der Waals surface area contributed by atoms with Crippen molar-refractivity contribution in [1.82, 2.24) is 0 Å². The lowest BCUT2D eigenvalue weighted by Crippen LogP contribution is -2.32. The van der Waals surface area contributed by atoms with Crippen molar-refractivity contribution in [3.05, 3.63) is 29.3 Å². The summed E-state index contributed by atoms with van der Waals surface area (Å²) in [4.78, 5) is 10.6. The van der Waals surface area contributed by atoms with Gasteiger partial charge in [-0.25, -0.2) is 0 Å². The predicted octanol–water partition coefficient (Wildman–Crippen LogP) is 0.859. The van der Waals surface area contributed by atoms with Crippen LogP contribution in [0, 0.1) is 0 Å². The quantitative estimate of drug-likeness (QED) is 0.696. The number of phenolic OH excluding ortho intramolecular Hbond substituents is 1. The molecule has 0 saturated heterocycles. The van der Waals surface area contributed by atoms with Crippen LogP contribution in [0.4, 0.5) is 4.39 Å². The van der Waals surface area contributed by atoms with Gasteiger partial charge in [0.25, 0.3) is 0 Å². The van der Waals surface area contributed by atoms with Crippen LogP contribution >= 0.6 is 0 Å². The number of halogens is 1. The predicted molar refractivity (Wildman–Crippen MR) is 57.1 cm³/mol. The molecule has 0 aliphatic rings. The number of aromatic hydroxyl groups is 1. The normalized spacial score (nSPS) is 12.4. The van der Waals surface area contributed by atoms with E-state index in [-0.39, 0.29) is 18.6 Å². The number of alkyl halides is 1. The van der Waals surface area contributed by atoms with Gasteiger partial charge < -0.3 is 15.9 Å². The third-order valence-corrected chi connectivity index (χ3v) is 2.19. The Morgan fingerprint density at radius 2 is 2.00 bits per heavy atom. The zero-order valence-corrected chi connectivity index (χ0v) is 8.69. The largest absolute Gasteiger partial charge is 0.508 e. The molecule has 1 unspecified atom stereocenters. The van der Waals surface area contributed by atoms with Gasteiger partial charge in [0, 0.05) is 6.42 Å². The van der Waals surface area contributed by atoms with Crippen molar-refractivity contribution >= 4 is 5.97 Å². The van der Waals surface area contributed by atoms with Gasteiger partial charge in [-0.3, -0.25) is 9.18 Å². The Balaban J connectivity index is 2.83. The monoisotopic (exact) mass is 227 g/mol. The highest BCUT2D eigenvalue weighted by Crippen LogP contribution is 2.17. The van der Waals surface area contributed by atoms with Crippen molar-refractivity contribution < 1.29 is 19.4 Å². The Bertz CT molecular complexity index is 381. The maximum atomic E-state index is 12.1. The summed E-state index contributed by atoms with van der Waals surface area (Å²) in [6.07, 6.45) is 0.312. The molecule has 0 aliphatic carbocycles. The summed E-state index contributed by atoms with van der Waals surface area (Å²) < 4.78 is 12.1. The molecule has 0 aliphatic heterocycles. The molecule has 16 heavy (non-hydrogen) atoms. The number of rotatable bonds is 5. The van der Waals surface area contributed by atoms with Crippen LogP contribution in [0.15, 0.2) is 18.2 Å². The topological polar surface area (TPSA) is 83.5 Å². The molecule has 0 radical (unpaired) electrons. The standard InChI is InChI=1S/C11H14FNO3/c12-2-1-7-3-8(5-9(14)4-7)6-10(13)11(15)16/h3-5,10,14H,1-2,6,13H2,(H,15,16). The maximum absolute atomic E-state index is 12.1. The average molecular weight is 227 g/mol. The Labute approximate surface area is 92.5 Å². The number of benzene rings is 1. The first-order valence-corrected chi connectivity index (χ1v) is 4.89. The van der Waals surface area contributed by atoms with Crippen LogP contribution in [0.2, 0.25) is 0 Å². The highest BCUT2D eigenvalue weighted by atomic mass is 19.1. The summed E-state index contributed by atoms with van der Waals surface area (Å²) in [6, 6.07) is 3.53. The maximum Gasteiger partial charge on any atom is 0.320 e. The number of hydrogen-bond acceptors (Lipinski definition) is 3. The van der Waals surface area contributed by atoms with Gasteiger partial charge in [-0.2, -0.15) is 0 Å². The number of nitrogens with two attached hydrogens (primary N) is 1. The van der Waals surface area contributed by atoms with Gasteiger partial charge in [-0.05, 0) is 29.7 Å². The first-order chi connectivity index (χ1) is 7.52. The minimum Gasteiger partial charge on any atom is -0.508 e. The fourth-order valence-electron chi connectivity index (χ4n) is 1.46. The van der Waals surface area contributed by atoms with E-state index in [1.54, 1.807) is 6.07 Å². The Morgan fingerprint density at radius 1 is 1.38 bits per heavy atom. The second-order valence-electron chi connectivity index (χ2n) is 3.60. The van der Waals surface area contributed by atoms with Gasteiger partial charge in [0.2, 0.25) is 0 Å². The molecule has 88 valence electrons. The van der Waals surface area contributed by atoms with Gasteiger partial charge in [-0.1, -0.05) is 6.07 Å².